The molecule has 18 heavy (non-hydrogen) atoms. The monoisotopic (exact) mass is 250 g/mol. The van der Waals surface area contributed by atoms with Gasteiger partial charge in [0.05, 0.1) is 12.3 Å². The van der Waals surface area contributed by atoms with Crippen molar-refractivity contribution in [2.75, 3.05) is 20.3 Å². The van der Waals surface area contributed by atoms with E-state index in [2.05, 4.69) is 10.3 Å². The Bertz CT molecular complexity index is 482. The van der Waals surface area contributed by atoms with E-state index in [4.69, 9.17) is 9.15 Å². The van der Waals surface area contributed by atoms with Crippen molar-refractivity contribution in [1.82, 2.24) is 10.3 Å². The van der Waals surface area contributed by atoms with Crippen LogP contribution in [-0.4, -0.2) is 25.2 Å². The first kappa shape index (κ1) is 12.7. The summed E-state index contributed by atoms with van der Waals surface area (Å²) in [6.45, 7) is 2.03. The van der Waals surface area contributed by atoms with Crippen LogP contribution in [0.4, 0.5) is 4.39 Å². The van der Waals surface area contributed by atoms with Crippen LogP contribution in [0, 0.1) is 5.82 Å². The van der Waals surface area contributed by atoms with Gasteiger partial charge in [-0.15, -0.1) is 0 Å². The average Bonchev–Trinajstić information content (AvgIpc) is 2.84. The Balaban J connectivity index is 1.95. The quantitative estimate of drug-likeness (QED) is 0.798. The normalized spacial score (nSPS) is 10.8. The SMILES string of the molecule is COCCNCc1coc(-c2ccc(F)cc2)n1. The fourth-order valence-electron chi connectivity index (χ4n) is 1.50. The summed E-state index contributed by atoms with van der Waals surface area (Å²) in [4.78, 5) is 4.32. The molecule has 0 aliphatic rings. The second-order valence-electron chi connectivity index (χ2n) is 3.82. The highest BCUT2D eigenvalue weighted by Crippen LogP contribution is 2.18. The number of aromatic nitrogens is 1. The third-order valence-electron chi connectivity index (χ3n) is 2.43. The molecule has 0 spiro atoms. The number of methoxy groups -OCH3 is 1. The first-order valence-electron chi connectivity index (χ1n) is 5.69. The second kappa shape index (κ2) is 6.28. The van der Waals surface area contributed by atoms with E-state index in [1.165, 1.54) is 12.1 Å². The van der Waals surface area contributed by atoms with Gasteiger partial charge in [-0.1, -0.05) is 0 Å². The molecular weight excluding hydrogens is 235 g/mol. The number of oxazole rings is 1. The summed E-state index contributed by atoms with van der Waals surface area (Å²) in [7, 11) is 1.66. The molecule has 0 saturated carbocycles. The van der Waals surface area contributed by atoms with Gasteiger partial charge in [0.2, 0.25) is 5.89 Å². The Labute approximate surface area is 105 Å². The summed E-state index contributed by atoms with van der Waals surface area (Å²) >= 11 is 0. The third kappa shape index (κ3) is 3.38. The van der Waals surface area contributed by atoms with E-state index >= 15 is 0 Å². The van der Waals surface area contributed by atoms with Crippen molar-refractivity contribution in [3.05, 3.63) is 42.0 Å². The molecule has 1 aromatic heterocycles. The van der Waals surface area contributed by atoms with Crippen molar-refractivity contribution in [3.8, 4) is 11.5 Å². The topological polar surface area (TPSA) is 47.3 Å². The molecule has 4 nitrogen and oxygen atoms in total. The summed E-state index contributed by atoms with van der Waals surface area (Å²) in [5.41, 5.74) is 1.57. The Kier molecular flexibility index (Phi) is 4.44. The number of nitrogens with one attached hydrogen (secondary N) is 1. The number of halogens is 1. The van der Waals surface area contributed by atoms with Crippen LogP contribution in [0.5, 0.6) is 0 Å². The highest BCUT2D eigenvalue weighted by Gasteiger charge is 2.06. The van der Waals surface area contributed by atoms with E-state index in [0.29, 0.717) is 19.0 Å². The van der Waals surface area contributed by atoms with Crippen molar-refractivity contribution < 1.29 is 13.5 Å². The molecule has 0 amide bonds. The van der Waals surface area contributed by atoms with Gasteiger partial charge in [0.1, 0.15) is 12.1 Å². The van der Waals surface area contributed by atoms with Gasteiger partial charge in [-0.2, -0.15) is 0 Å². The van der Waals surface area contributed by atoms with Crippen LogP contribution in [0.3, 0.4) is 0 Å². The molecule has 1 aromatic carbocycles. The smallest absolute Gasteiger partial charge is 0.226 e. The molecule has 0 atom stereocenters. The van der Waals surface area contributed by atoms with Crippen LogP contribution in [0.1, 0.15) is 5.69 Å². The lowest BCUT2D eigenvalue weighted by Gasteiger charge is -1.99. The van der Waals surface area contributed by atoms with Crippen molar-refractivity contribution >= 4 is 0 Å². The Hall–Kier alpha value is -1.72. The van der Waals surface area contributed by atoms with E-state index in [1.807, 2.05) is 0 Å². The van der Waals surface area contributed by atoms with Gasteiger partial charge in [-0.25, -0.2) is 9.37 Å². The number of hydrogen-bond donors (Lipinski definition) is 1. The van der Waals surface area contributed by atoms with Gasteiger partial charge in [-0.3, -0.25) is 0 Å². The van der Waals surface area contributed by atoms with Gasteiger partial charge < -0.3 is 14.5 Å². The minimum Gasteiger partial charge on any atom is -0.444 e. The van der Waals surface area contributed by atoms with E-state index in [-0.39, 0.29) is 5.82 Å². The summed E-state index contributed by atoms with van der Waals surface area (Å²) in [6, 6.07) is 6.05. The maximum Gasteiger partial charge on any atom is 0.226 e. The third-order valence-corrected chi connectivity index (χ3v) is 2.43. The maximum absolute atomic E-state index is 12.8. The summed E-state index contributed by atoms with van der Waals surface area (Å²) in [5, 5.41) is 3.17. The zero-order valence-electron chi connectivity index (χ0n) is 10.1. The maximum atomic E-state index is 12.8. The zero-order chi connectivity index (χ0) is 12.8. The molecule has 2 aromatic rings. The number of hydrogen-bond acceptors (Lipinski definition) is 4. The van der Waals surface area contributed by atoms with Crippen LogP contribution in [0.25, 0.3) is 11.5 Å². The van der Waals surface area contributed by atoms with E-state index in [0.717, 1.165) is 17.8 Å². The first-order chi connectivity index (χ1) is 8.79. The highest BCUT2D eigenvalue weighted by molar-refractivity contribution is 5.52. The molecule has 96 valence electrons. The molecule has 0 aliphatic heterocycles. The lowest BCUT2D eigenvalue weighted by atomic mass is 10.2. The molecule has 5 heteroatoms. The summed E-state index contributed by atoms with van der Waals surface area (Å²) < 4.78 is 23.0. The van der Waals surface area contributed by atoms with Crippen LogP contribution >= 0.6 is 0 Å². The van der Waals surface area contributed by atoms with Crippen LogP contribution in [0.2, 0.25) is 0 Å². The first-order valence-corrected chi connectivity index (χ1v) is 5.69. The van der Waals surface area contributed by atoms with Crippen molar-refractivity contribution in [1.29, 1.82) is 0 Å². The van der Waals surface area contributed by atoms with Gasteiger partial charge in [-0.05, 0) is 24.3 Å². The molecule has 1 heterocycles. The lowest BCUT2D eigenvalue weighted by molar-refractivity contribution is 0.199. The molecule has 0 aliphatic carbocycles. The minimum atomic E-state index is -0.272. The van der Waals surface area contributed by atoms with Gasteiger partial charge in [0, 0.05) is 25.8 Å². The second-order valence-corrected chi connectivity index (χ2v) is 3.82. The van der Waals surface area contributed by atoms with E-state index < -0.39 is 0 Å². The molecule has 0 radical (unpaired) electrons. The van der Waals surface area contributed by atoms with Crippen LogP contribution < -0.4 is 5.32 Å². The standard InChI is InChI=1S/C13H15FN2O2/c1-17-7-6-15-8-12-9-18-13(16-12)10-2-4-11(14)5-3-10/h2-5,9,15H,6-8H2,1H3. The van der Waals surface area contributed by atoms with Crippen LogP contribution in [-0.2, 0) is 11.3 Å². The number of ether oxygens (including phenoxy) is 1. The Morgan fingerprint density at radius 1 is 1.33 bits per heavy atom. The molecule has 0 fully saturated rings. The molecule has 2 rings (SSSR count). The fourth-order valence-corrected chi connectivity index (χ4v) is 1.50. The largest absolute Gasteiger partial charge is 0.444 e. The highest BCUT2D eigenvalue weighted by atomic mass is 19.1. The predicted molar refractivity (Wildman–Crippen MR) is 65.5 cm³/mol. The molecule has 0 bridgehead atoms. The van der Waals surface area contributed by atoms with Crippen molar-refractivity contribution in [2.45, 2.75) is 6.54 Å². The lowest BCUT2D eigenvalue weighted by Crippen LogP contribution is -2.18. The number of rotatable bonds is 6. The Morgan fingerprint density at radius 3 is 2.83 bits per heavy atom. The van der Waals surface area contributed by atoms with E-state index in [1.54, 1.807) is 25.5 Å². The van der Waals surface area contributed by atoms with Crippen molar-refractivity contribution in [3.63, 3.8) is 0 Å². The van der Waals surface area contributed by atoms with Gasteiger partial charge >= 0.3 is 0 Å². The van der Waals surface area contributed by atoms with Gasteiger partial charge in [0.25, 0.3) is 0 Å². The molecule has 1 N–H and O–H groups in total. The summed E-state index contributed by atoms with van der Waals surface area (Å²) in [5.74, 6) is 0.227. The molecule has 0 unspecified atom stereocenters. The van der Waals surface area contributed by atoms with Gasteiger partial charge in [0.15, 0.2) is 0 Å². The summed E-state index contributed by atoms with van der Waals surface area (Å²) in [6.07, 6.45) is 1.60. The fraction of sp³-hybridized carbons (Fsp3) is 0.308. The van der Waals surface area contributed by atoms with Crippen molar-refractivity contribution in [2.24, 2.45) is 0 Å². The number of benzene rings is 1. The predicted octanol–water partition coefficient (Wildman–Crippen LogP) is 2.22. The Morgan fingerprint density at radius 2 is 2.11 bits per heavy atom. The number of nitrogens with zero attached hydrogens (tertiary/aromatic N) is 1. The molecule has 0 saturated heterocycles. The van der Waals surface area contributed by atoms with Crippen LogP contribution in [0.15, 0.2) is 34.9 Å². The minimum absolute atomic E-state index is 0.272. The zero-order valence-corrected chi connectivity index (χ0v) is 10.1. The van der Waals surface area contributed by atoms with E-state index in [9.17, 15) is 4.39 Å². The average molecular weight is 250 g/mol. The molecular formula is C13H15FN2O2.